The van der Waals surface area contributed by atoms with Crippen LogP contribution in [0, 0.1) is 0 Å². The summed E-state index contributed by atoms with van der Waals surface area (Å²) in [4.78, 5) is 78.7. The number of likely N-dealkylation sites (tertiary alicyclic amines) is 2. The van der Waals surface area contributed by atoms with Gasteiger partial charge in [0.15, 0.2) is 11.9 Å². The van der Waals surface area contributed by atoms with Gasteiger partial charge in [0.25, 0.3) is 5.76 Å². The second kappa shape index (κ2) is 26.8. The predicted molar refractivity (Wildman–Crippen MR) is 227 cm³/mol. The minimum Gasteiger partial charge on any atom is -0.505 e. The van der Waals surface area contributed by atoms with Crippen molar-refractivity contribution in [3.63, 3.8) is 0 Å². The molecule has 5 atom stereocenters. The number of rotatable bonds is 30. The van der Waals surface area contributed by atoms with Crippen LogP contribution in [0.15, 0.2) is 11.5 Å². The van der Waals surface area contributed by atoms with E-state index in [0.717, 1.165) is 30.6 Å². The lowest BCUT2D eigenvalue weighted by Crippen LogP contribution is -2.52. The number of β-amino-alcohol motifs (C(OH)–C–C–N with tert-alkyl or cyclic N) is 1. The summed E-state index contributed by atoms with van der Waals surface area (Å²) in [5.41, 5.74) is 0. The third-order valence-corrected chi connectivity index (χ3v) is 13.9. The number of cyclic esters (lactones) is 1. The van der Waals surface area contributed by atoms with Crippen molar-refractivity contribution in [2.75, 3.05) is 61.0 Å². The molecule has 0 radical (unpaired) electrons. The summed E-state index contributed by atoms with van der Waals surface area (Å²) in [6, 6.07) is -2.11. The Bertz CT molecular complexity index is 1570. The summed E-state index contributed by atoms with van der Waals surface area (Å²) in [5, 5.41) is 33.0. The number of carbonyl (C=O) groups excluding carboxylic acids is 5. The summed E-state index contributed by atoms with van der Waals surface area (Å²) in [6.45, 7) is 1.58. The fraction of sp³-hybridized carbons (Fsp3) is 0.810. The minimum atomic E-state index is -3.77. The third kappa shape index (κ3) is 16.1. The number of carboxylic acids is 1. The minimum absolute atomic E-state index is 0.102. The van der Waals surface area contributed by atoms with Crippen molar-refractivity contribution in [1.29, 1.82) is 0 Å². The molecule has 62 heavy (non-hydrogen) atoms. The van der Waals surface area contributed by atoms with Gasteiger partial charge in [-0.3, -0.25) is 19.2 Å². The van der Waals surface area contributed by atoms with Gasteiger partial charge in [-0.15, -0.1) is 0 Å². The molecule has 354 valence electrons. The van der Waals surface area contributed by atoms with Crippen LogP contribution in [0.1, 0.15) is 129 Å². The van der Waals surface area contributed by atoms with E-state index in [0.29, 0.717) is 19.3 Å². The zero-order valence-electron chi connectivity index (χ0n) is 37.4. The zero-order chi connectivity index (χ0) is 45.8. The Morgan fingerprint density at radius 3 is 2.02 bits per heavy atom. The second-order valence-corrected chi connectivity index (χ2v) is 19.5. The number of hydrogen-bond donors (Lipinski definition) is 4. The van der Waals surface area contributed by atoms with Gasteiger partial charge in [0.2, 0.25) is 17.7 Å². The van der Waals surface area contributed by atoms with Crippen molar-refractivity contribution >= 4 is 43.3 Å². The lowest BCUT2D eigenvalue weighted by Gasteiger charge is -2.30. The highest BCUT2D eigenvalue weighted by Gasteiger charge is 2.47. The van der Waals surface area contributed by atoms with Gasteiger partial charge in [-0.05, 0) is 47.5 Å². The van der Waals surface area contributed by atoms with E-state index in [4.69, 9.17) is 18.7 Å². The van der Waals surface area contributed by atoms with Crippen LogP contribution in [-0.4, -0.2) is 162 Å². The molecule has 0 saturated carbocycles. The standard InChI is InChI=1S/C42H72N5O14P/c1-6-7-8-9-10-11-12-13-14-15-16-17-18-19-25-58-33(38-37(52)39(42(56)60-38)61-62(57,44(2)3)45(4)5)29-59-36(51)23-22-34(49)43-27-35(50)46-24-20-21-31(46)40(53)47-28-30(48)26-32(47)41(54)55/h30-33,38,48,52H,6-29H2,1-5H3,(H,43,49)(H,54,55). The normalized spacial score (nSPS) is 20.9. The fourth-order valence-corrected chi connectivity index (χ4v) is 9.27. The number of esters is 2. The zero-order valence-corrected chi connectivity index (χ0v) is 38.3. The Labute approximate surface area is 366 Å². The van der Waals surface area contributed by atoms with Gasteiger partial charge in [-0.1, -0.05) is 90.4 Å². The quantitative estimate of drug-likeness (QED) is 0.0447. The topological polar surface area (TPSA) is 242 Å². The van der Waals surface area contributed by atoms with E-state index in [-0.39, 0.29) is 39.0 Å². The Morgan fingerprint density at radius 2 is 1.45 bits per heavy atom. The molecule has 3 rings (SSSR count). The van der Waals surface area contributed by atoms with Gasteiger partial charge in [0, 0.05) is 32.5 Å². The first-order valence-electron chi connectivity index (χ1n) is 22.4. The maximum Gasteiger partial charge on any atom is 0.395 e. The lowest BCUT2D eigenvalue weighted by atomic mass is 10.0. The molecule has 0 aromatic rings. The summed E-state index contributed by atoms with van der Waals surface area (Å²) < 4.78 is 38.4. The highest BCUT2D eigenvalue weighted by molar-refractivity contribution is 7.54. The molecule has 0 aromatic carbocycles. The van der Waals surface area contributed by atoms with Crippen LogP contribution in [0.4, 0.5) is 0 Å². The van der Waals surface area contributed by atoms with Crippen molar-refractivity contribution < 1.29 is 67.4 Å². The molecule has 3 amide bonds. The van der Waals surface area contributed by atoms with Crippen LogP contribution >= 0.6 is 7.67 Å². The van der Waals surface area contributed by atoms with E-state index >= 15 is 0 Å². The first-order chi connectivity index (χ1) is 29.5. The van der Waals surface area contributed by atoms with Gasteiger partial charge in [-0.25, -0.2) is 23.5 Å². The number of aliphatic hydroxyl groups is 2. The number of ether oxygens (including phenoxy) is 3. The summed E-state index contributed by atoms with van der Waals surface area (Å²) in [6.07, 6.45) is 12.8. The van der Waals surface area contributed by atoms with Crippen LogP contribution < -0.4 is 5.32 Å². The molecule has 20 heteroatoms. The molecular weight excluding hydrogens is 829 g/mol. The van der Waals surface area contributed by atoms with Crippen molar-refractivity contribution in [3.05, 3.63) is 11.5 Å². The molecule has 2 fully saturated rings. The number of nitrogens with one attached hydrogen (secondary N) is 1. The molecule has 3 aliphatic heterocycles. The average molecular weight is 902 g/mol. The van der Waals surface area contributed by atoms with Crippen LogP contribution in [0.5, 0.6) is 0 Å². The molecule has 3 aliphatic rings. The summed E-state index contributed by atoms with van der Waals surface area (Å²) in [5.74, 6) is -6.20. The average Bonchev–Trinajstić information content (AvgIpc) is 3.96. The molecule has 0 spiro atoms. The largest absolute Gasteiger partial charge is 0.505 e. The number of carbonyl (C=O) groups is 6. The van der Waals surface area contributed by atoms with Crippen molar-refractivity contribution in [1.82, 2.24) is 24.5 Å². The number of aliphatic carboxylic acids is 1. The molecule has 4 N–H and O–H groups in total. The van der Waals surface area contributed by atoms with E-state index in [1.165, 1.54) is 100 Å². The molecule has 0 aliphatic carbocycles. The third-order valence-electron chi connectivity index (χ3n) is 11.4. The number of unbranched alkanes of at least 4 members (excludes halogenated alkanes) is 13. The Hall–Kier alpha value is -3.77. The van der Waals surface area contributed by atoms with Crippen LogP contribution in [0.25, 0.3) is 0 Å². The molecule has 0 bridgehead atoms. The van der Waals surface area contributed by atoms with Crippen LogP contribution in [0.2, 0.25) is 0 Å². The maximum absolute atomic E-state index is 13.5. The number of nitrogens with zero attached hydrogens (tertiary/aromatic N) is 4. The number of aliphatic hydroxyl groups excluding tert-OH is 2. The van der Waals surface area contributed by atoms with E-state index in [2.05, 4.69) is 12.2 Å². The van der Waals surface area contributed by atoms with Gasteiger partial charge < -0.3 is 49.2 Å². The van der Waals surface area contributed by atoms with E-state index in [1.54, 1.807) is 0 Å². The van der Waals surface area contributed by atoms with Crippen molar-refractivity contribution in [3.8, 4) is 0 Å². The summed E-state index contributed by atoms with van der Waals surface area (Å²) in [7, 11) is 2.19. The molecule has 2 saturated heterocycles. The Kier molecular flexibility index (Phi) is 22.7. The first-order valence-corrected chi connectivity index (χ1v) is 23.9. The molecule has 3 heterocycles. The van der Waals surface area contributed by atoms with Gasteiger partial charge >= 0.3 is 25.6 Å². The molecular formula is C42H72N5O14P. The Balaban J connectivity index is 1.49. The van der Waals surface area contributed by atoms with Crippen molar-refractivity contribution in [2.45, 2.75) is 159 Å². The first kappa shape index (κ1) is 52.6. The van der Waals surface area contributed by atoms with E-state index < -0.39 is 98.4 Å². The molecule has 5 unspecified atom stereocenters. The number of carboxylic acid groups (broad SMARTS) is 1. The molecule has 0 aromatic heterocycles. The second-order valence-electron chi connectivity index (χ2n) is 16.8. The fourth-order valence-electron chi connectivity index (χ4n) is 7.82. The van der Waals surface area contributed by atoms with Gasteiger partial charge in [0.1, 0.15) is 24.8 Å². The van der Waals surface area contributed by atoms with Crippen LogP contribution in [0.3, 0.4) is 0 Å². The van der Waals surface area contributed by atoms with Crippen molar-refractivity contribution in [2.24, 2.45) is 0 Å². The maximum atomic E-state index is 13.5. The highest BCUT2D eigenvalue weighted by atomic mass is 31.2. The van der Waals surface area contributed by atoms with Gasteiger partial charge in [0.05, 0.1) is 19.1 Å². The number of amides is 3. The lowest BCUT2D eigenvalue weighted by molar-refractivity contribution is -0.159. The van der Waals surface area contributed by atoms with Gasteiger partial charge in [-0.2, -0.15) is 0 Å². The van der Waals surface area contributed by atoms with E-state index in [9.17, 15) is 48.7 Å². The smallest absolute Gasteiger partial charge is 0.395 e. The summed E-state index contributed by atoms with van der Waals surface area (Å²) >= 11 is 0. The Morgan fingerprint density at radius 1 is 0.871 bits per heavy atom. The predicted octanol–water partition coefficient (Wildman–Crippen LogP) is 4.27. The van der Waals surface area contributed by atoms with E-state index in [1.807, 2.05) is 0 Å². The highest BCUT2D eigenvalue weighted by Crippen LogP contribution is 2.53. The van der Waals surface area contributed by atoms with Crippen LogP contribution in [-0.2, 0) is 52.1 Å². The number of hydrogen-bond acceptors (Lipinski definition) is 13. The monoisotopic (exact) mass is 901 g/mol. The SMILES string of the molecule is CCCCCCCCCCCCCCCCOC(COC(=O)CCC(=O)NCC(=O)N1CCCC1C(=O)N1CC(O)CC1C(=O)O)C1OC(=O)C(OP(=O)(N(C)C)N(C)C)=C1O. The molecule has 19 nitrogen and oxygen atoms in total.